The van der Waals surface area contributed by atoms with Crippen LogP contribution < -0.4 is 0 Å². The molecular formula is C30H40N2O3. The average Bonchev–Trinajstić information content (AvgIpc) is 2.87. The van der Waals surface area contributed by atoms with Crippen molar-refractivity contribution in [1.82, 2.24) is 9.80 Å². The molecule has 2 aromatic carbocycles. The molecule has 5 heteroatoms. The molecule has 188 valence electrons. The van der Waals surface area contributed by atoms with Crippen LogP contribution in [0.1, 0.15) is 49.0 Å². The summed E-state index contributed by atoms with van der Waals surface area (Å²) in [7, 11) is 1.80. The van der Waals surface area contributed by atoms with Gasteiger partial charge in [-0.3, -0.25) is 9.69 Å². The molecule has 0 bridgehead atoms. The number of aromatic hydroxyl groups is 1. The molecule has 3 unspecified atom stereocenters. The number of carbonyl (C=O) groups excluding carboxylic acids is 1. The van der Waals surface area contributed by atoms with Crippen molar-refractivity contribution in [3.63, 3.8) is 0 Å². The number of hydrogen-bond acceptors (Lipinski definition) is 4. The van der Waals surface area contributed by atoms with Crippen LogP contribution in [0.15, 0.2) is 67.3 Å². The number of phenolic OH excluding ortho intramolecular Hbond substituents is 1. The number of amides is 1. The van der Waals surface area contributed by atoms with Crippen molar-refractivity contribution in [3.8, 4) is 5.75 Å². The number of ether oxygens (including phenoxy) is 1. The van der Waals surface area contributed by atoms with Crippen LogP contribution in [0, 0.1) is 11.8 Å². The van der Waals surface area contributed by atoms with Gasteiger partial charge in [-0.1, -0.05) is 50.3 Å². The van der Waals surface area contributed by atoms with Crippen LogP contribution in [0.3, 0.4) is 0 Å². The number of methoxy groups -OCH3 is 1. The van der Waals surface area contributed by atoms with Crippen molar-refractivity contribution in [2.75, 3.05) is 33.3 Å². The Morgan fingerprint density at radius 2 is 2.03 bits per heavy atom. The fraction of sp³-hybridized carbons (Fsp3) is 0.500. The van der Waals surface area contributed by atoms with Gasteiger partial charge in [0.1, 0.15) is 5.75 Å². The molecule has 0 spiro atoms. The molecule has 1 heterocycles. The summed E-state index contributed by atoms with van der Waals surface area (Å²) >= 11 is 0. The van der Waals surface area contributed by atoms with E-state index in [2.05, 4.69) is 36.3 Å². The van der Waals surface area contributed by atoms with E-state index in [1.54, 1.807) is 13.2 Å². The van der Waals surface area contributed by atoms with E-state index in [1.165, 1.54) is 0 Å². The van der Waals surface area contributed by atoms with Crippen LogP contribution in [0.2, 0.25) is 0 Å². The Labute approximate surface area is 210 Å². The third kappa shape index (κ3) is 5.31. The van der Waals surface area contributed by atoms with Gasteiger partial charge in [0.25, 0.3) is 5.91 Å². The van der Waals surface area contributed by atoms with Crippen LogP contribution in [-0.2, 0) is 10.2 Å². The third-order valence-corrected chi connectivity index (χ3v) is 7.99. The van der Waals surface area contributed by atoms with E-state index in [0.29, 0.717) is 18.2 Å². The van der Waals surface area contributed by atoms with E-state index < -0.39 is 0 Å². The Hall–Kier alpha value is -2.63. The number of hydrogen-bond donors (Lipinski definition) is 1. The summed E-state index contributed by atoms with van der Waals surface area (Å²) in [5.74, 6) is 1.01. The minimum atomic E-state index is -0.174. The SMILES string of the molecule is C=CCN1CCC2(c3cccc(O)c3)C[C@H](N(CC(C)C)C(=O)c3ccccc3)CC(OC)C2C1. The number of piperidine rings is 1. The number of rotatable bonds is 8. The monoisotopic (exact) mass is 476 g/mol. The Kier molecular flexibility index (Phi) is 7.98. The summed E-state index contributed by atoms with van der Waals surface area (Å²) in [5, 5.41) is 10.4. The summed E-state index contributed by atoms with van der Waals surface area (Å²) in [5.41, 5.74) is 1.72. The first-order chi connectivity index (χ1) is 16.9. The highest BCUT2D eigenvalue weighted by Crippen LogP contribution is 2.51. The quantitative estimate of drug-likeness (QED) is 0.538. The summed E-state index contributed by atoms with van der Waals surface area (Å²) in [6.45, 7) is 11.7. The normalized spacial score (nSPS) is 26.8. The highest BCUT2D eigenvalue weighted by Gasteiger charge is 2.53. The summed E-state index contributed by atoms with van der Waals surface area (Å²) in [6.07, 6.45) is 4.63. The van der Waals surface area contributed by atoms with Crippen LogP contribution in [0.4, 0.5) is 0 Å². The second-order valence-electron chi connectivity index (χ2n) is 10.7. The molecule has 5 nitrogen and oxygen atoms in total. The highest BCUT2D eigenvalue weighted by atomic mass is 16.5. The minimum absolute atomic E-state index is 0.0157. The Morgan fingerprint density at radius 3 is 2.69 bits per heavy atom. The zero-order chi connectivity index (χ0) is 25.0. The number of benzene rings is 2. The minimum Gasteiger partial charge on any atom is -0.508 e. The van der Waals surface area contributed by atoms with Crippen LogP contribution in [-0.4, -0.2) is 66.2 Å². The van der Waals surface area contributed by atoms with E-state index in [0.717, 1.165) is 50.0 Å². The molecule has 1 saturated heterocycles. The molecule has 4 atom stereocenters. The van der Waals surface area contributed by atoms with Gasteiger partial charge in [-0.2, -0.15) is 0 Å². The van der Waals surface area contributed by atoms with Gasteiger partial charge in [0.15, 0.2) is 0 Å². The van der Waals surface area contributed by atoms with E-state index in [4.69, 9.17) is 4.74 Å². The fourth-order valence-electron chi connectivity index (χ4n) is 6.43. The van der Waals surface area contributed by atoms with Crippen molar-refractivity contribution in [1.29, 1.82) is 0 Å². The molecular weight excluding hydrogens is 436 g/mol. The lowest BCUT2D eigenvalue weighted by atomic mass is 9.56. The lowest BCUT2D eigenvalue weighted by Crippen LogP contribution is -2.62. The van der Waals surface area contributed by atoms with Crippen molar-refractivity contribution < 1.29 is 14.6 Å². The first kappa shape index (κ1) is 25.5. The molecule has 2 aliphatic rings. The molecule has 2 fully saturated rings. The second-order valence-corrected chi connectivity index (χ2v) is 10.7. The zero-order valence-corrected chi connectivity index (χ0v) is 21.4. The average molecular weight is 477 g/mol. The summed E-state index contributed by atoms with van der Waals surface area (Å²) < 4.78 is 6.18. The number of fused-ring (bicyclic) bond motifs is 1. The smallest absolute Gasteiger partial charge is 0.254 e. The third-order valence-electron chi connectivity index (χ3n) is 7.99. The van der Waals surface area contributed by atoms with Crippen molar-refractivity contribution in [2.45, 2.75) is 50.7 Å². The highest BCUT2D eigenvalue weighted by molar-refractivity contribution is 5.94. The summed E-state index contributed by atoms with van der Waals surface area (Å²) in [4.78, 5) is 18.3. The zero-order valence-electron chi connectivity index (χ0n) is 21.4. The second kappa shape index (κ2) is 11.0. The Balaban J connectivity index is 1.75. The first-order valence-electron chi connectivity index (χ1n) is 12.9. The molecule has 1 aliphatic carbocycles. The van der Waals surface area contributed by atoms with Crippen LogP contribution in [0.25, 0.3) is 0 Å². The van der Waals surface area contributed by atoms with Crippen LogP contribution >= 0.6 is 0 Å². The van der Waals surface area contributed by atoms with E-state index in [-0.39, 0.29) is 29.4 Å². The summed E-state index contributed by atoms with van der Waals surface area (Å²) in [6, 6.07) is 17.4. The number of phenols is 1. The number of carbonyl (C=O) groups is 1. The molecule has 0 radical (unpaired) electrons. The Bertz CT molecular complexity index is 1010. The molecule has 2 aromatic rings. The maximum absolute atomic E-state index is 13.8. The molecule has 4 rings (SSSR count). The number of likely N-dealkylation sites (tertiary alicyclic amines) is 1. The fourth-order valence-corrected chi connectivity index (χ4v) is 6.43. The van der Waals surface area contributed by atoms with E-state index >= 15 is 0 Å². The predicted octanol–water partition coefficient (Wildman–Crippen LogP) is 5.11. The van der Waals surface area contributed by atoms with Gasteiger partial charge in [0, 0.05) is 49.7 Å². The maximum Gasteiger partial charge on any atom is 0.254 e. The molecule has 1 saturated carbocycles. The van der Waals surface area contributed by atoms with E-state index in [9.17, 15) is 9.90 Å². The molecule has 1 amide bonds. The van der Waals surface area contributed by atoms with Crippen LogP contribution in [0.5, 0.6) is 5.75 Å². The number of nitrogens with zero attached hydrogens (tertiary/aromatic N) is 2. The van der Waals surface area contributed by atoms with Gasteiger partial charge >= 0.3 is 0 Å². The molecule has 0 aromatic heterocycles. The van der Waals surface area contributed by atoms with E-state index in [1.807, 2.05) is 48.5 Å². The van der Waals surface area contributed by atoms with Crippen molar-refractivity contribution in [2.24, 2.45) is 11.8 Å². The van der Waals surface area contributed by atoms with Gasteiger partial charge in [-0.25, -0.2) is 0 Å². The Morgan fingerprint density at radius 1 is 1.26 bits per heavy atom. The predicted molar refractivity (Wildman–Crippen MR) is 141 cm³/mol. The molecule has 35 heavy (non-hydrogen) atoms. The van der Waals surface area contributed by atoms with Gasteiger partial charge in [-0.15, -0.1) is 6.58 Å². The van der Waals surface area contributed by atoms with Gasteiger partial charge in [0.2, 0.25) is 0 Å². The van der Waals surface area contributed by atoms with Crippen molar-refractivity contribution in [3.05, 3.63) is 78.4 Å². The molecule has 1 N–H and O–H groups in total. The molecule has 1 aliphatic heterocycles. The lowest BCUT2D eigenvalue weighted by Gasteiger charge is -2.57. The lowest BCUT2D eigenvalue weighted by molar-refractivity contribution is -0.0804. The van der Waals surface area contributed by atoms with Gasteiger partial charge in [-0.05, 0) is 61.6 Å². The maximum atomic E-state index is 13.8. The van der Waals surface area contributed by atoms with Gasteiger partial charge < -0.3 is 14.7 Å². The largest absolute Gasteiger partial charge is 0.508 e. The van der Waals surface area contributed by atoms with Crippen molar-refractivity contribution >= 4 is 5.91 Å². The topological polar surface area (TPSA) is 53.0 Å². The first-order valence-corrected chi connectivity index (χ1v) is 12.9. The van der Waals surface area contributed by atoms with Gasteiger partial charge in [0.05, 0.1) is 6.10 Å². The standard InChI is InChI=1S/C30H40N2O3/c1-5-15-31-16-14-30(24-12-9-13-26(33)17-24)19-25(18-28(35-4)27(30)21-31)32(20-22(2)3)29(34)23-10-7-6-8-11-23/h5-13,17,22,25,27-28,33H,1,14-16,18-21H2,2-4H3/t25-,27?,28?,30?/m1/s1.